The number of thiazole rings is 1. The van der Waals surface area contributed by atoms with E-state index >= 15 is 0 Å². The molecule has 0 amide bonds. The molecule has 8 heavy (non-hydrogen) atoms. The molecule has 0 unspecified atom stereocenters. The number of nitrogens with zero attached hydrogens (tertiary/aromatic N) is 1. The summed E-state index contributed by atoms with van der Waals surface area (Å²) in [4.78, 5) is 4.15. The van der Waals surface area contributed by atoms with Gasteiger partial charge in [-0.25, -0.2) is 0 Å². The molecular weight excluding hydrogens is 116 g/mol. The van der Waals surface area contributed by atoms with Crippen LogP contribution in [0.25, 0.3) is 0 Å². The van der Waals surface area contributed by atoms with E-state index in [0.29, 0.717) is 0 Å². The van der Waals surface area contributed by atoms with Crippen LogP contribution in [0.5, 0.6) is 0 Å². The minimum absolute atomic E-state index is 1.07. The van der Waals surface area contributed by atoms with Crippen molar-refractivity contribution in [3.05, 3.63) is 11.2 Å². The van der Waals surface area contributed by atoms with Crippen LogP contribution in [0, 0.1) is 0 Å². The Morgan fingerprint density at radius 3 is 2.75 bits per heavy atom. The molecular formula is C4H7B2NS. The van der Waals surface area contributed by atoms with Gasteiger partial charge in [0.15, 0.2) is 7.85 Å². The molecule has 0 aliphatic carbocycles. The van der Waals surface area contributed by atoms with Crippen LogP contribution < -0.4 is 4.78 Å². The SMILES string of the molecule is BCc1ncc(B)s1. The van der Waals surface area contributed by atoms with Gasteiger partial charge in [-0.2, -0.15) is 0 Å². The first-order valence-electron chi connectivity index (χ1n) is 2.74. The Hall–Kier alpha value is -0.240. The Kier molecular flexibility index (Phi) is 1.73. The summed E-state index contributed by atoms with van der Waals surface area (Å²) in [7, 11) is 4.20. The van der Waals surface area contributed by atoms with Gasteiger partial charge in [0.2, 0.25) is 0 Å². The van der Waals surface area contributed by atoms with Crippen LogP contribution >= 0.6 is 11.3 Å². The third-order valence-electron chi connectivity index (χ3n) is 0.972. The molecule has 0 radical (unpaired) electrons. The van der Waals surface area contributed by atoms with Gasteiger partial charge in [-0.3, -0.25) is 4.98 Å². The first-order chi connectivity index (χ1) is 3.83. The molecule has 0 saturated heterocycles. The van der Waals surface area contributed by atoms with E-state index in [1.54, 1.807) is 11.3 Å². The largest absolute Gasteiger partial charge is 0.251 e. The molecule has 1 nitrogen and oxygen atoms in total. The Balaban J connectivity index is 2.84. The van der Waals surface area contributed by atoms with Crippen LogP contribution in [0.1, 0.15) is 5.01 Å². The summed E-state index contributed by atoms with van der Waals surface area (Å²) in [6.45, 7) is 0. The molecule has 0 saturated carbocycles. The van der Waals surface area contributed by atoms with Gasteiger partial charge >= 0.3 is 0 Å². The van der Waals surface area contributed by atoms with Crippen LogP contribution in [0.15, 0.2) is 6.20 Å². The van der Waals surface area contributed by atoms with E-state index in [9.17, 15) is 0 Å². The average molecular weight is 123 g/mol. The highest BCUT2D eigenvalue weighted by Gasteiger charge is 1.91. The van der Waals surface area contributed by atoms with Crippen LogP contribution in [0.4, 0.5) is 0 Å². The van der Waals surface area contributed by atoms with E-state index in [4.69, 9.17) is 0 Å². The van der Waals surface area contributed by atoms with Gasteiger partial charge in [-0.1, -0.05) is 0 Å². The van der Waals surface area contributed by atoms with Crippen molar-refractivity contribution in [2.45, 2.75) is 6.32 Å². The number of aromatic nitrogens is 1. The molecule has 1 aromatic rings. The van der Waals surface area contributed by atoms with Gasteiger partial charge in [0, 0.05) is 6.20 Å². The number of rotatable bonds is 1. The molecule has 0 aliphatic rings. The summed E-state index contributed by atoms with van der Waals surface area (Å²) in [6, 6.07) is 0. The predicted octanol–water partition coefficient (Wildman–Crippen LogP) is -1.47. The molecule has 0 aromatic carbocycles. The third-order valence-corrected chi connectivity index (χ3v) is 2.03. The Labute approximate surface area is 55.0 Å². The average Bonchev–Trinajstić information content (AvgIpc) is 2.14. The minimum Gasteiger partial charge on any atom is -0.251 e. The Morgan fingerprint density at radius 1 is 1.75 bits per heavy atom. The van der Waals surface area contributed by atoms with E-state index < -0.39 is 0 Å². The second-order valence-electron chi connectivity index (χ2n) is 1.72. The fraction of sp³-hybridized carbons (Fsp3) is 0.250. The lowest BCUT2D eigenvalue weighted by Crippen LogP contribution is -1.89. The minimum atomic E-state index is 1.07. The van der Waals surface area contributed by atoms with Crippen molar-refractivity contribution in [2.75, 3.05) is 0 Å². The van der Waals surface area contributed by atoms with Crippen LogP contribution in [0.2, 0.25) is 0 Å². The summed E-state index contributed by atoms with van der Waals surface area (Å²) in [5.74, 6) is 0. The lowest BCUT2D eigenvalue weighted by molar-refractivity contribution is 1.26. The fourth-order valence-electron chi connectivity index (χ4n) is 0.565. The summed E-state index contributed by atoms with van der Waals surface area (Å²) < 4.78 is 1.31. The molecule has 0 aliphatic heterocycles. The van der Waals surface area contributed by atoms with Crippen molar-refractivity contribution in [3.63, 3.8) is 0 Å². The van der Waals surface area contributed by atoms with Gasteiger partial charge < -0.3 is 0 Å². The Morgan fingerprint density at radius 2 is 2.50 bits per heavy atom. The van der Waals surface area contributed by atoms with Gasteiger partial charge in [0.1, 0.15) is 7.85 Å². The van der Waals surface area contributed by atoms with E-state index in [-0.39, 0.29) is 0 Å². The van der Waals surface area contributed by atoms with E-state index in [1.807, 2.05) is 6.20 Å². The van der Waals surface area contributed by atoms with Gasteiger partial charge in [0.05, 0.1) is 5.01 Å². The summed E-state index contributed by atoms with van der Waals surface area (Å²) in [5, 5.41) is 1.24. The van der Waals surface area contributed by atoms with Gasteiger partial charge in [-0.15, -0.1) is 11.3 Å². The Bertz CT molecular complexity index is 174. The van der Waals surface area contributed by atoms with Gasteiger partial charge in [-0.05, 0) is 11.1 Å². The zero-order valence-electron chi connectivity index (χ0n) is 5.14. The summed E-state index contributed by atoms with van der Waals surface area (Å²) in [6.07, 6.45) is 2.99. The van der Waals surface area contributed by atoms with E-state index in [0.717, 1.165) is 6.32 Å². The van der Waals surface area contributed by atoms with Crippen LogP contribution in [-0.4, -0.2) is 20.7 Å². The molecule has 4 heteroatoms. The number of hydrogen-bond donors (Lipinski definition) is 0. The molecule has 0 atom stereocenters. The summed E-state index contributed by atoms with van der Waals surface area (Å²) >= 11 is 1.78. The molecule has 1 heterocycles. The maximum absolute atomic E-state index is 4.15. The van der Waals surface area contributed by atoms with E-state index in [1.165, 1.54) is 9.78 Å². The normalized spacial score (nSPS) is 9.50. The van der Waals surface area contributed by atoms with Crippen LogP contribution in [0.3, 0.4) is 0 Å². The smallest absolute Gasteiger partial charge is 0.154 e. The maximum atomic E-state index is 4.15. The lowest BCUT2D eigenvalue weighted by Gasteiger charge is -1.78. The van der Waals surface area contributed by atoms with Gasteiger partial charge in [0.25, 0.3) is 0 Å². The lowest BCUT2D eigenvalue weighted by atomic mass is 10.1. The predicted molar refractivity (Wildman–Crippen MR) is 42.5 cm³/mol. The van der Waals surface area contributed by atoms with Crippen molar-refractivity contribution in [1.82, 2.24) is 4.98 Å². The standard InChI is InChI=1S/C4H7B2NS/c5-1-4-7-2-3(6)8-4/h2H,1,5-6H2. The quantitative estimate of drug-likeness (QED) is 0.415. The van der Waals surface area contributed by atoms with Crippen molar-refractivity contribution in [1.29, 1.82) is 0 Å². The monoisotopic (exact) mass is 123 g/mol. The molecule has 0 bridgehead atoms. The molecule has 0 fully saturated rings. The second kappa shape index (κ2) is 2.35. The van der Waals surface area contributed by atoms with Crippen molar-refractivity contribution in [3.8, 4) is 0 Å². The zero-order valence-corrected chi connectivity index (χ0v) is 5.96. The van der Waals surface area contributed by atoms with E-state index in [2.05, 4.69) is 20.7 Å². The molecule has 0 N–H and O–H groups in total. The topological polar surface area (TPSA) is 12.9 Å². The highest BCUT2D eigenvalue weighted by Crippen LogP contribution is 1.97. The third kappa shape index (κ3) is 1.13. The molecule has 1 rings (SSSR count). The first kappa shape index (κ1) is 5.89. The molecule has 1 aromatic heterocycles. The van der Waals surface area contributed by atoms with Crippen LogP contribution in [-0.2, 0) is 6.32 Å². The van der Waals surface area contributed by atoms with Crippen molar-refractivity contribution >= 4 is 31.8 Å². The highest BCUT2D eigenvalue weighted by atomic mass is 32.1. The fourth-order valence-corrected chi connectivity index (χ4v) is 1.29. The highest BCUT2D eigenvalue weighted by molar-refractivity contribution is 7.19. The molecule has 40 valence electrons. The first-order valence-corrected chi connectivity index (χ1v) is 3.56. The van der Waals surface area contributed by atoms with Crippen molar-refractivity contribution in [2.24, 2.45) is 0 Å². The zero-order chi connectivity index (χ0) is 5.98. The second-order valence-corrected chi connectivity index (χ2v) is 3.04. The maximum Gasteiger partial charge on any atom is 0.154 e. The summed E-state index contributed by atoms with van der Waals surface area (Å²) in [5.41, 5.74) is 0. The molecule has 0 spiro atoms. The van der Waals surface area contributed by atoms with Crippen molar-refractivity contribution < 1.29 is 0 Å². The number of hydrogen-bond acceptors (Lipinski definition) is 2.